The van der Waals surface area contributed by atoms with Crippen molar-refractivity contribution in [3.8, 4) is 6.07 Å². The number of hydrogen-bond acceptors (Lipinski definition) is 5. The summed E-state index contributed by atoms with van der Waals surface area (Å²) in [7, 11) is 0. The van der Waals surface area contributed by atoms with Gasteiger partial charge in [0.25, 0.3) is 0 Å². The molecule has 0 radical (unpaired) electrons. The molecule has 24 heavy (non-hydrogen) atoms. The van der Waals surface area contributed by atoms with Crippen LogP contribution in [0.2, 0.25) is 0 Å². The Morgan fingerprint density at radius 1 is 1.29 bits per heavy atom. The predicted molar refractivity (Wildman–Crippen MR) is 83.1 cm³/mol. The normalized spacial score (nSPS) is 11.3. The van der Waals surface area contributed by atoms with Crippen molar-refractivity contribution in [2.75, 3.05) is 5.32 Å². The fourth-order valence-electron chi connectivity index (χ4n) is 2.15. The summed E-state index contributed by atoms with van der Waals surface area (Å²) >= 11 is 0. The van der Waals surface area contributed by atoms with E-state index in [0.717, 1.165) is 5.56 Å². The van der Waals surface area contributed by atoms with E-state index in [4.69, 9.17) is 5.26 Å². The van der Waals surface area contributed by atoms with Crippen molar-refractivity contribution in [1.29, 1.82) is 5.26 Å². The first kappa shape index (κ1) is 17.1. The lowest BCUT2D eigenvalue weighted by molar-refractivity contribution is -0.697. The van der Waals surface area contributed by atoms with E-state index in [1.54, 1.807) is 42.7 Å². The van der Waals surface area contributed by atoms with E-state index >= 15 is 0 Å². The van der Waals surface area contributed by atoms with E-state index in [0.29, 0.717) is 17.8 Å². The zero-order valence-electron chi connectivity index (χ0n) is 12.8. The number of nitrogens with one attached hydrogen (secondary N) is 1. The number of amides is 1. The van der Waals surface area contributed by atoms with Crippen LogP contribution in [0.1, 0.15) is 17.5 Å². The molecule has 0 spiro atoms. The minimum Gasteiger partial charge on any atom is -0.544 e. The van der Waals surface area contributed by atoms with Gasteiger partial charge in [-0.15, -0.1) is 0 Å². The Morgan fingerprint density at radius 3 is 2.75 bits per heavy atom. The molecule has 0 bridgehead atoms. The SMILES string of the molecule is N#Cc1ccccc1NC(=O)C[C@H]([NH2+]Cc1cccnc1)C(=O)[O-]. The molecule has 7 nitrogen and oxygen atoms in total. The number of nitriles is 1. The van der Waals surface area contributed by atoms with Crippen LogP contribution >= 0.6 is 0 Å². The first-order chi connectivity index (χ1) is 11.6. The van der Waals surface area contributed by atoms with Gasteiger partial charge in [-0.2, -0.15) is 5.26 Å². The number of pyridine rings is 1. The molecule has 0 saturated carbocycles. The predicted octanol–water partition coefficient (Wildman–Crippen LogP) is -0.836. The number of carbonyl (C=O) groups is 2. The van der Waals surface area contributed by atoms with Crippen LogP contribution in [-0.2, 0) is 16.1 Å². The summed E-state index contributed by atoms with van der Waals surface area (Å²) in [6.07, 6.45) is 2.99. The quantitative estimate of drug-likeness (QED) is 0.688. The van der Waals surface area contributed by atoms with Gasteiger partial charge in [-0.3, -0.25) is 9.78 Å². The standard InChI is InChI=1S/C17H16N4O3/c18-9-13-5-1-2-6-14(13)21-16(22)8-15(17(23)24)20-11-12-4-3-7-19-10-12/h1-7,10,15,20H,8,11H2,(H,21,22)(H,23,24)/t15-/m0/s1. The Hall–Kier alpha value is -3.24. The van der Waals surface area contributed by atoms with Crippen LogP contribution in [0.4, 0.5) is 5.69 Å². The maximum atomic E-state index is 12.1. The van der Waals surface area contributed by atoms with E-state index in [1.807, 2.05) is 12.1 Å². The minimum absolute atomic E-state index is 0.262. The lowest BCUT2D eigenvalue weighted by Gasteiger charge is -2.16. The molecule has 2 rings (SSSR count). The molecule has 1 aromatic carbocycles. The number of nitrogens with two attached hydrogens (primary N) is 1. The molecule has 1 atom stereocenters. The number of hydrogen-bond donors (Lipinski definition) is 2. The molecule has 0 unspecified atom stereocenters. The Morgan fingerprint density at radius 2 is 2.08 bits per heavy atom. The van der Waals surface area contributed by atoms with Crippen LogP contribution < -0.4 is 15.7 Å². The average molecular weight is 324 g/mol. The molecule has 1 heterocycles. The summed E-state index contributed by atoms with van der Waals surface area (Å²) in [4.78, 5) is 27.3. The van der Waals surface area contributed by atoms with Gasteiger partial charge in [0.15, 0.2) is 0 Å². The molecular weight excluding hydrogens is 308 g/mol. The highest BCUT2D eigenvalue weighted by Gasteiger charge is 2.19. The van der Waals surface area contributed by atoms with Gasteiger partial charge >= 0.3 is 0 Å². The third-order valence-electron chi connectivity index (χ3n) is 3.39. The highest BCUT2D eigenvalue weighted by atomic mass is 16.4. The van der Waals surface area contributed by atoms with Gasteiger partial charge < -0.3 is 20.5 Å². The number of aromatic nitrogens is 1. The Balaban J connectivity index is 1.96. The van der Waals surface area contributed by atoms with Crippen molar-refractivity contribution in [1.82, 2.24) is 4.98 Å². The van der Waals surface area contributed by atoms with Gasteiger partial charge in [0.05, 0.1) is 23.6 Å². The number of quaternary nitrogens is 1. The van der Waals surface area contributed by atoms with Crippen LogP contribution in [-0.4, -0.2) is 22.9 Å². The van der Waals surface area contributed by atoms with Crippen LogP contribution in [0.15, 0.2) is 48.8 Å². The van der Waals surface area contributed by atoms with E-state index in [1.165, 1.54) is 5.32 Å². The molecule has 7 heteroatoms. The lowest BCUT2D eigenvalue weighted by Crippen LogP contribution is -2.92. The third-order valence-corrected chi connectivity index (χ3v) is 3.39. The number of carboxylic acids is 1. The number of anilines is 1. The highest BCUT2D eigenvalue weighted by molar-refractivity contribution is 5.94. The average Bonchev–Trinajstić information content (AvgIpc) is 2.59. The van der Waals surface area contributed by atoms with Crippen LogP contribution in [0, 0.1) is 11.3 Å². The Kier molecular flexibility index (Phi) is 6.00. The molecule has 1 amide bonds. The number of nitrogens with zero attached hydrogens (tertiary/aromatic N) is 2. The van der Waals surface area contributed by atoms with E-state index in [2.05, 4.69) is 10.3 Å². The topological polar surface area (TPSA) is 123 Å². The summed E-state index contributed by atoms with van der Waals surface area (Å²) in [6, 6.07) is 11.0. The first-order valence-corrected chi connectivity index (χ1v) is 7.32. The molecule has 0 saturated heterocycles. The number of rotatable bonds is 7. The number of aliphatic carboxylic acids is 1. The number of para-hydroxylation sites is 1. The molecular formula is C17H16N4O3. The van der Waals surface area contributed by atoms with E-state index < -0.39 is 17.9 Å². The maximum absolute atomic E-state index is 12.1. The van der Waals surface area contributed by atoms with Crippen molar-refractivity contribution >= 4 is 17.6 Å². The smallest absolute Gasteiger partial charge is 0.230 e. The van der Waals surface area contributed by atoms with Crippen LogP contribution in [0.5, 0.6) is 0 Å². The van der Waals surface area contributed by atoms with Crippen molar-refractivity contribution in [3.05, 3.63) is 59.9 Å². The molecule has 3 N–H and O–H groups in total. The maximum Gasteiger partial charge on any atom is 0.230 e. The van der Waals surface area contributed by atoms with E-state index in [-0.39, 0.29) is 6.42 Å². The van der Waals surface area contributed by atoms with Crippen molar-refractivity contribution in [2.45, 2.75) is 19.0 Å². The van der Waals surface area contributed by atoms with Gasteiger partial charge in [0, 0.05) is 18.0 Å². The second-order valence-electron chi connectivity index (χ2n) is 5.14. The summed E-state index contributed by atoms with van der Waals surface area (Å²) in [5.74, 6) is -1.81. The molecule has 1 aromatic heterocycles. The highest BCUT2D eigenvalue weighted by Crippen LogP contribution is 2.13. The minimum atomic E-state index is -1.32. The van der Waals surface area contributed by atoms with Crippen molar-refractivity contribution in [2.24, 2.45) is 0 Å². The van der Waals surface area contributed by atoms with Crippen molar-refractivity contribution < 1.29 is 20.0 Å². The van der Waals surface area contributed by atoms with Gasteiger partial charge in [-0.1, -0.05) is 18.2 Å². The Bertz CT molecular complexity index is 756. The van der Waals surface area contributed by atoms with Gasteiger partial charge in [-0.25, -0.2) is 0 Å². The Labute approximate surface area is 139 Å². The molecule has 0 aliphatic rings. The summed E-state index contributed by atoms with van der Waals surface area (Å²) in [5, 5.41) is 24.3. The monoisotopic (exact) mass is 324 g/mol. The summed E-state index contributed by atoms with van der Waals surface area (Å²) < 4.78 is 0. The van der Waals surface area contributed by atoms with Crippen molar-refractivity contribution in [3.63, 3.8) is 0 Å². The number of carboxylic acid groups (broad SMARTS) is 1. The lowest BCUT2D eigenvalue weighted by atomic mass is 10.1. The molecule has 122 valence electrons. The van der Waals surface area contributed by atoms with Gasteiger partial charge in [0.2, 0.25) is 5.91 Å². The zero-order chi connectivity index (χ0) is 17.4. The summed E-state index contributed by atoms with van der Waals surface area (Å²) in [5.41, 5.74) is 1.52. The molecule has 0 aliphatic heterocycles. The van der Waals surface area contributed by atoms with Gasteiger partial charge in [0.1, 0.15) is 18.7 Å². The third kappa shape index (κ3) is 4.90. The van der Waals surface area contributed by atoms with Crippen LogP contribution in [0.25, 0.3) is 0 Å². The van der Waals surface area contributed by atoms with E-state index in [9.17, 15) is 14.7 Å². The summed E-state index contributed by atoms with van der Waals surface area (Å²) in [6.45, 7) is 0.370. The van der Waals surface area contributed by atoms with Gasteiger partial charge in [-0.05, 0) is 18.2 Å². The molecule has 0 aliphatic carbocycles. The molecule has 0 fully saturated rings. The largest absolute Gasteiger partial charge is 0.544 e. The fourth-order valence-corrected chi connectivity index (χ4v) is 2.15. The van der Waals surface area contributed by atoms with Crippen LogP contribution in [0.3, 0.4) is 0 Å². The zero-order valence-corrected chi connectivity index (χ0v) is 12.8. The second kappa shape index (κ2) is 8.41. The number of benzene rings is 1. The molecule has 2 aromatic rings. The first-order valence-electron chi connectivity index (χ1n) is 7.32. The fraction of sp³-hybridized carbons (Fsp3) is 0.176. The number of carbonyl (C=O) groups excluding carboxylic acids is 2. The second-order valence-corrected chi connectivity index (χ2v) is 5.14.